The maximum absolute atomic E-state index is 12.3. The average Bonchev–Trinajstić information content (AvgIpc) is 2.79. The number of likely N-dealkylation sites (tertiary alicyclic amines) is 1. The van der Waals surface area contributed by atoms with Crippen molar-refractivity contribution in [2.45, 2.75) is 42.5 Å². The van der Waals surface area contributed by atoms with E-state index in [0.29, 0.717) is 32.4 Å². The first-order chi connectivity index (χ1) is 10.1. The smallest absolute Gasteiger partial charge is 0.228 e. The van der Waals surface area contributed by atoms with E-state index in [4.69, 9.17) is 0 Å². The van der Waals surface area contributed by atoms with Gasteiger partial charge in [-0.15, -0.1) is 11.3 Å². The lowest BCUT2D eigenvalue weighted by atomic mass is 9.96. The van der Waals surface area contributed by atoms with Crippen LogP contribution in [0.1, 0.15) is 31.9 Å². The molecule has 1 fully saturated rings. The molecule has 0 aliphatic carbocycles. The number of thioether (sulfide) groups is 1. The normalized spacial score (nSPS) is 23.1. The summed E-state index contributed by atoms with van der Waals surface area (Å²) >= 11 is 3.26. The van der Waals surface area contributed by atoms with E-state index in [9.17, 15) is 15.0 Å². The molecule has 1 aromatic rings. The van der Waals surface area contributed by atoms with Gasteiger partial charge in [0, 0.05) is 18.5 Å². The zero-order valence-electron chi connectivity index (χ0n) is 12.2. The monoisotopic (exact) mass is 330 g/mol. The lowest BCUT2D eigenvalue weighted by Gasteiger charge is -2.24. The third kappa shape index (κ3) is 4.67. The standard InChI is InChI=1S/C14H22N2O3S2/c1-2-20-13-15-11(9-21-13)8-12(18)16-6-3-4-14(19,10-17)5-7-16/h9,17,19H,2-8,10H2,1H3/t14-/m1/s1. The summed E-state index contributed by atoms with van der Waals surface area (Å²) in [7, 11) is 0. The maximum atomic E-state index is 12.3. The largest absolute Gasteiger partial charge is 0.393 e. The number of hydrogen-bond donors (Lipinski definition) is 2. The van der Waals surface area contributed by atoms with E-state index in [1.165, 1.54) is 0 Å². The van der Waals surface area contributed by atoms with E-state index in [1.807, 2.05) is 5.38 Å². The van der Waals surface area contributed by atoms with Crippen LogP contribution < -0.4 is 0 Å². The summed E-state index contributed by atoms with van der Waals surface area (Å²) in [6.45, 7) is 2.98. The Morgan fingerprint density at radius 2 is 2.33 bits per heavy atom. The minimum atomic E-state index is -1.03. The molecule has 1 amide bonds. The first kappa shape index (κ1) is 16.7. The predicted molar refractivity (Wildman–Crippen MR) is 84.7 cm³/mol. The number of aliphatic hydroxyl groups excluding tert-OH is 1. The molecule has 0 spiro atoms. The number of nitrogens with zero attached hydrogens (tertiary/aromatic N) is 2. The minimum absolute atomic E-state index is 0.0514. The zero-order valence-corrected chi connectivity index (χ0v) is 13.9. The van der Waals surface area contributed by atoms with Crippen molar-refractivity contribution in [1.29, 1.82) is 0 Å². The number of aliphatic hydroxyl groups is 2. The van der Waals surface area contributed by atoms with Gasteiger partial charge in [-0.2, -0.15) is 0 Å². The average molecular weight is 330 g/mol. The van der Waals surface area contributed by atoms with E-state index < -0.39 is 5.60 Å². The van der Waals surface area contributed by atoms with Crippen LogP contribution in [0.2, 0.25) is 0 Å². The number of thiazole rings is 1. The Morgan fingerprint density at radius 1 is 1.52 bits per heavy atom. The highest BCUT2D eigenvalue weighted by atomic mass is 32.2. The molecule has 5 nitrogen and oxygen atoms in total. The van der Waals surface area contributed by atoms with E-state index >= 15 is 0 Å². The fourth-order valence-electron chi connectivity index (χ4n) is 2.41. The summed E-state index contributed by atoms with van der Waals surface area (Å²) in [6, 6.07) is 0. The Hall–Kier alpha value is -0.630. The van der Waals surface area contributed by atoms with Crippen molar-refractivity contribution in [3.05, 3.63) is 11.1 Å². The van der Waals surface area contributed by atoms with Gasteiger partial charge in [-0.3, -0.25) is 4.79 Å². The molecule has 1 aliphatic heterocycles. The molecule has 2 N–H and O–H groups in total. The van der Waals surface area contributed by atoms with Gasteiger partial charge in [0.15, 0.2) is 0 Å². The van der Waals surface area contributed by atoms with Crippen molar-refractivity contribution in [3.8, 4) is 0 Å². The summed E-state index contributed by atoms with van der Waals surface area (Å²) in [5.41, 5.74) is -0.205. The van der Waals surface area contributed by atoms with Gasteiger partial charge in [0.25, 0.3) is 0 Å². The highest BCUT2D eigenvalue weighted by Gasteiger charge is 2.30. The van der Waals surface area contributed by atoms with Gasteiger partial charge in [0.1, 0.15) is 4.34 Å². The highest BCUT2D eigenvalue weighted by molar-refractivity contribution is 8.00. The lowest BCUT2D eigenvalue weighted by molar-refractivity contribution is -0.130. The summed E-state index contributed by atoms with van der Waals surface area (Å²) in [5, 5.41) is 21.3. The predicted octanol–water partition coefficient (Wildman–Crippen LogP) is 1.53. The van der Waals surface area contributed by atoms with Crippen molar-refractivity contribution < 1.29 is 15.0 Å². The Morgan fingerprint density at radius 3 is 3.05 bits per heavy atom. The van der Waals surface area contributed by atoms with Crippen LogP contribution in [0.3, 0.4) is 0 Å². The van der Waals surface area contributed by atoms with Crippen molar-refractivity contribution in [3.63, 3.8) is 0 Å². The molecule has 21 heavy (non-hydrogen) atoms. The van der Waals surface area contributed by atoms with E-state index in [1.54, 1.807) is 28.0 Å². The van der Waals surface area contributed by atoms with E-state index in [-0.39, 0.29) is 12.5 Å². The molecule has 2 heterocycles. The molecule has 0 bridgehead atoms. The second-order valence-electron chi connectivity index (χ2n) is 5.33. The second-order valence-corrected chi connectivity index (χ2v) is 7.70. The zero-order chi connectivity index (χ0) is 15.3. The van der Waals surface area contributed by atoms with Crippen LogP contribution in [-0.2, 0) is 11.2 Å². The van der Waals surface area contributed by atoms with Gasteiger partial charge in [0.05, 0.1) is 24.3 Å². The fraction of sp³-hybridized carbons (Fsp3) is 0.714. The van der Waals surface area contributed by atoms with Crippen molar-refractivity contribution in [2.75, 3.05) is 25.4 Å². The van der Waals surface area contributed by atoms with Gasteiger partial charge < -0.3 is 15.1 Å². The topological polar surface area (TPSA) is 73.7 Å². The molecule has 1 atom stereocenters. The number of carbonyl (C=O) groups excluding carboxylic acids is 1. The van der Waals surface area contributed by atoms with Crippen LogP contribution >= 0.6 is 23.1 Å². The number of hydrogen-bond acceptors (Lipinski definition) is 6. The Balaban J connectivity index is 1.90. The molecule has 7 heteroatoms. The highest BCUT2D eigenvalue weighted by Crippen LogP contribution is 2.24. The molecule has 0 aromatic carbocycles. The molecule has 0 unspecified atom stereocenters. The van der Waals surface area contributed by atoms with Crippen LogP contribution in [0.5, 0.6) is 0 Å². The summed E-state index contributed by atoms with van der Waals surface area (Å²) in [6.07, 6.45) is 2.01. The van der Waals surface area contributed by atoms with Gasteiger partial charge in [0.2, 0.25) is 5.91 Å². The Bertz CT molecular complexity index is 481. The summed E-state index contributed by atoms with van der Waals surface area (Å²) < 4.78 is 1.01. The molecule has 1 aliphatic rings. The van der Waals surface area contributed by atoms with Crippen LogP contribution in [-0.4, -0.2) is 57.1 Å². The molecule has 0 saturated carbocycles. The maximum Gasteiger partial charge on any atom is 0.228 e. The number of amides is 1. The molecular weight excluding hydrogens is 308 g/mol. The van der Waals surface area contributed by atoms with Gasteiger partial charge in [-0.25, -0.2) is 4.98 Å². The Labute approximate surface area is 133 Å². The van der Waals surface area contributed by atoms with E-state index in [0.717, 1.165) is 22.2 Å². The second kappa shape index (κ2) is 7.58. The third-order valence-corrected chi connectivity index (χ3v) is 5.65. The Kier molecular flexibility index (Phi) is 6.04. The molecule has 118 valence electrons. The van der Waals surface area contributed by atoms with Gasteiger partial charge in [-0.05, 0) is 25.0 Å². The van der Waals surface area contributed by atoms with Crippen LogP contribution in [0, 0.1) is 0 Å². The number of carbonyl (C=O) groups is 1. The van der Waals surface area contributed by atoms with Gasteiger partial charge >= 0.3 is 0 Å². The molecule has 1 aromatic heterocycles. The SMILES string of the molecule is CCSc1nc(CC(=O)N2CCC[C@](O)(CO)CC2)cs1. The first-order valence-corrected chi connectivity index (χ1v) is 9.11. The van der Waals surface area contributed by atoms with Crippen molar-refractivity contribution in [2.24, 2.45) is 0 Å². The number of rotatable bonds is 5. The van der Waals surface area contributed by atoms with Crippen LogP contribution in [0.15, 0.2) is 9.72 Å². The summed E-state index contributed by atoms with van der Waals surface area (Å²) in [5.74, 6) is 1.03. The third-order valence-electron chi connectivity index (χ3n) is 3.70. The molecule has 0 radical (unpaired) electrons. The fourth-order valence-corrected chi connectivity index (χ4v) is 4.15. The lowest BCUT2D eigenvalue weighted by Crippen LogP contribution is -2.37. The first-order valence-electron chi connectivity index (χ1n) is 7.24. The molecule has 1 saturated heterocycles. The van der Waals surface area contributed by atoms with E-state index in [2.05, 4.69) is 11.9 Å². The van der Waals surface area contributed by atoms with Crippen LogP contribution in [0.25, 0.3) is 0 Å². The minimum Gasteiger partial charge on any atom is -0.393 e. The van der Waals surface area contributed by atoms with Gasteiger partial charge in [-0.1, -0.05) is 18.7 Å². The molecular formula is C14H22N2O3S2. The summed E-state index contributed by atoms with van der Waals surface area (Å²) in [4.78, 5) is 18.6. The van der Waals surface area contributed by atoms with Crippen molar-refractivity contribution >= 4 is 29.0 Å². The molecule has 2 rings (SSSR count). The van der Waals surface area contributed by atoms with Crippen LogP contribution in [0.4, 0.5) is 0 Å². The quantitative estimate of drug-likeness (QED) is 0.801. The van der Waals surface area contributed by atoms with Crippen molar-refractivity contribution in [1.82, 2.24) is 9.88 Å². The number of aromatic nitrogens is 1.